The first-order valence-electron chi connectivity index (χ1n) is 19.2. The fourth-order valence-corrected chi connectivity index (χ4v) is 8.61. The summed E-state index contributed by atoms with van der Waals surface area (Å²) >= 11 is 0. The molecule has 1 unspecified atom stereocenters. The SMILES string of the molecule is c1ccc(C2=NC(c3ccc4oc5ccc(-c6cccc7oc8cc(-n9c%10ccccc%10c%10ccccc%109)ccc8c67)cc5c4c3)NC(c3ccccc3)=N2)cc1. The number of hydrogen-bond acceptors (Lipinski definition) is 5. The Bertz CT molecular complexity index is 3390. The molecular weight excluding hydrogens is 701 g/mol. The molecule has 1 atom stereocenters. The molecule has 0 radical (unpaired) electrons. The number of aliphatic imine (C=N–C) groups is 2. The smallest absolute Gasteiger partial charge is 0.159 e. The van der Waals surface area contributed by atoms with Crippen LogP contribution in [-0.2, 0) is 0 Å². The van der Waals surface area contributed by atoms with Crippen molar-refractivity contribution in [3.63, 3.8) is 0 Å². The molecule has 268 valence electrons. The second kappa shape index (κ2) is 12.4. The number of nitrogens with zero attached hydrogens (tertiary/aromatic N) is 3. The number of furan rings is 2. The minimum absolute atomic E-state index is 0.344. The van der Waals surface area contributed by atoms with Gasteiger partial charge in [-0.25, -0.2) is 9.98 Å². The van der Waals surface area contributed by atoms with E-state index in [1.165, 1.54) is 21.8 Å². The molecule has 0 saturated carbocycles. The van der Waals surface area contributed by atoms with E-state index >= 15 is 0 Å². The van der Waals surface area contributed by atoms with E-state index in [0.717, 1.165) is 83.2 Å². The number of rotatable bonds is 5. The first-order valence-corrected chi connectivity index (χ1v) is 19.2. The lowest BCUT2D eigenvalue weighted by Crippen LogP contribution is -2.33. The van der Waals surface area contributed by atoms with Gasteiger partial charge in [0.25, 0.3) is 0 Å². The molecule has 1 N–H and O–H groups in total. The van der Waals surface area contributed by atoms with Crippen molar-refractivity contribution in [2.75, 3.05) is 0 Å². The van der Waals surface area contributed by atoms with Gasteiger partial charge in [0.05, 0.1) is 11.0 Å². The summed E-state index contributed by atoms with van der Waals surface area (Å²) < 4.78 is 15.4. The van der Waals surface area contributed by atoms with Gasteiger partial charge in [-0.3, -0.25) is 0 Å². The molecule has 1 aliphatic rings. The van der Waals surface area contributed by atoms with Crippen LogP contribution in [0.3, 0.4) is 0 Å². The highest BCUT2D eigenvalue weighted by atomic mass is 16.3. The molecule has 0 fully saturated rings. The highest BCUT2D eigenvalue weighted by molar-refractivity contribution is 6.16. The third kappa shape index (κ3) is 5.04. The summed E-state index contributed by atoms with van der Waals surface area (Å²) in [5.41, 5.74) is 12.0. The van der Waals surface area contributed by atoms with Gasteiger partial charge in [0.1, 0.15) is 34.3 Å². The van der Waals surface area contributed by atoms with Gasteiger partial charge in [0.2, 0.25) is 0 Å². The zero-order valence-electron chi connectivity index (χ0n) is 30.6. The Morgan fingerprint density at radius 2 is 1.12 bits per heavy atom. The molecule has 0 bridgehead atoms. The van der Waals surface area contributed by atoms with Gasteiger partial charge in [-0.1, -0.05) is 121 Å². The Hall–Kier alpha value is -7.70. The standard InChI is InChI=1S/C51H32N4O2/c1-3-12-31(13-4-1)49-52-50(32-14-5-2-6-15-32)54-51(53-49)34-23-27-45-41(29-34)40-28-33(22-26-44(40)56-45)36-18-11-21-46-48(36)39-25-24-35(30-47(39)57-46)55-42-19-9-7-16-37(42)38-17-8-10-20-43(38)55/h1-30,51H,(H,52,53,54). The van der Waals surface area contributed by atoms with Crippen LogP contribution in [0.15, 0.2) is 201 Å². The quantitative estimate of drug-likeness (QED) is 0.192. The van der Waals surface area contributed by atoms with Crippen molar-refractivity contribution >= 4 is 77.4 Å². The van der Waals surface area contributed by atoms with Crippen molar-refractivity contribution < 1.29 is 8.83 Å². The molecule has 6 heteroatoms. The lowest BCUT2D eigenvalue weighted by atomic mass is 9.97. The lowest BCUT2D eigenvalue weighted by Gasteiger charge is -2.23. The van der Waals surface area contributed by atoms with Gasteiger partial charge in [0, 0.05) is 55.2 Å². The van der Waals surface area contributed by atoms with Crippen molar-refractivity contribution in [2.45, 2.75) is 6.17 Å². The number of para-hydroxylation sites is 2. The van der Waals surface area contributed by atoms with Crippen LogP contribution in [0.25, 0.3) is 82.5 Å². The second-order valence-corrected chi connectivity index (χ2v) is 14.6. The van der Waals surface area contributed by atoms with Crippen molar-refractivity contribution in [2.24, 2.45) is 9.98 Å². The molecule has 6 nitrogen and oxygen atoms in total. The summed E-state index contributed by atoms with van der Waals surface area (Å²) in [5, 5.41) is 10.3. The summed E-state index contributed by atoms with van der Waals surface area (Å²) in [5.74, 6) is 1.48. The third-order valence-corrected chi connectivity index (χ3v) is 11.3. The average molecular weight is 733 g/mol. The molecule has 57 heavy (non-hydrogen) atoms. The van der Waals surface area contributed by atoms with E-state index < -0.39 is 0 Å². The zero-order valence-corrected chi connectivity index (χ0v) is 30.6. The zero-order chi connectivity index (χ0) is 37.5. The number of amidine groups is 2. The van der Waals surface area contributed by atoms with Gasteiger partial charge < -0.3 is 18.7 Å². The molecule has 0 saturated heterocycles. The van der Waals surface area contributed by atoms with E-state index in [4.69, 9.17) is 18.8 Å². The Morgan fingerprint density at radius 1 is 0.456 bits per heavy atom. The van der Waals surface area contributed by atoms with Gasteiger partial charge in [-0.2, -0.15) is 0 Å². The van der Waals surface area contributed by atoms with Crippen LogP contribution in [0, 0.1) is 0 Å². The summed E-state index contributed by atoms with van der Waals surface area (Å²) in [4.78, 5) is 10.1. The molecule has 8 aromatic carbocycles. The molecule has 4 heterocycles. The first-order chi connectivity index (χ1) is 28.2. The Kier molecular flexibility index (Phi) is 6.89. The van der Waals surface area contributed by atoms with Gasteiger partial charge in [0.15, 0.2) is 5.84 Å². The Labute approximate surface area is 326 Å². The fraction of sp³-hybridized carbons (Fsp3) is 0.0196. The number of benzene rings is 8. The van der Waals surface area contributed by atoms with Crippen LogP contribution in [0.1, 0.15) is 22.9 Å². The molecule has 0 amide bonds. The predicted molar refractivity (Wildman–Crippen MR) is 233 cm³/mol. The first kappa shape index (κ1) is 31.6. The minimum atomic E-state index is -0.344. The van der Waals surface area contributed by atoms with E-state index in [1.54, 1.807) is 0 Å². The topological polar surface area (TPSA) is 68.0 Å². The van der Waals surface area contributed by atoms with Crippen LogP contribution in [0.2, 0.25) is 0 Å². The Morgan fingerprint density at radius 3 is 1.89 bits per heavy atom. The van der Waals surface area contributed by atoms with Crippen LogP contribution < -0.4 is 5.32 Å². The highest BCUT2D eigenvalue weighted by Crippen LogP contribution is 2.41. The molecule has 11 aromatic rings. The van der Waals surface area contributed by atoms with E-state index in [1.807, 2.05) is 36.4 Å². The van der Waals surface area contributed by atoms with Crippen molar-refractivity contribution in [1.29, 1.82) is 0 Å². The van der Waals surface area contributed by atoms with Crippen molar-refractivity contribution in [1.82, 2.24) is 9.88 Å². The molecule has 12 rings (SSSR count). The van der Waals surface area contributed by atoms with Gasteiger partial charge in [-0.15, -0.1) is 0 Å². The molecular formula is C51H32N4O2. The number of nitrogens with one attached hydrogen (secondary N) is 1. The van der Waals surface area contributed by atoms with E-state index in [2.05, 4.69) is 155 Å². The van der Waals surface area contributed by atoms with Gasteiger partial charge in [-0.05, 0) is 71.3 Å². The monoisotopic (exact) mass is 732 g/mol. The molecule has 3 aromatic heterocycles. The summed E-state index contributed by atoms with van der Waals surface area (Å²) in [6.45, 7) is 0. The summed E-state index contributed by atoms with van der Waals surface area (Å²) in [6, 6.07) is 63.3. The summed E-state index contributed by atoms with van der Waals surface area (Å²) in [7, 11) is 0. The fourth-order valence-electron chi connectivity index (χ4n) is 8.61. The van der Waals surface area contributed by atoms with Crippen LogP contribution in [0.5, 0.6) is 0 Å². The number of aromatic nitrogens is 1. The van der Waals surface area contributed by atoms with Gasteiger partial charge >= 0.3 is 0 Å². The Balaban J connectivity index is 0.966. The molecule has 1 aliphatic heterocycles. The normalized spacial score (nSPS) is 14.5. The van der Waals surface area contributed by atoms with E-state index in [0.29, 0.717) is 5.84 Å². The third-order valence-electron chi connectivity index (χ3n) is 11.3. The largest absolute Gasteiger partial charge is 0.456 e. The predicted octanol–water partition coefficient (Wildman–Crippen LogP) is 12.7. The van der Waals surface area contributed by atoms with Crippen molar-refractivity contribution in [3.05, 3.63) is 199 Å². The maximum atomic E-state index is 6.62. The van der Waals surface area contributed by atoms with Crippen LogP contribution in [-0.4, -0.2) is 16.2 Å². The average Bonchev–Trinajstić information content (AvgIpc) is 3.95. The molecule has 0 aliphatic carbocycles. The minimum Gasteiger partial charge on any atom is -0.456 e. The number of fused-ring (bicyclic) bond motifs is 9. The van der Waals surface area contributed by atoms with E-state index in [-0.39, 0.29) is 6.17 Å². The summed E-state index contributed by atoms with van der Waals surface area (Å²) in [6.07, 6.45) is -0.344. The van der Waals surface area contributed by atoms with Crippen molar-refractivity contribution in [3.8, 4) is 16.8 Å². The van der Waals surface area contributed by atoms with E-state index in [9.17, 15) is 0 Å². The van der Waals surface area contributed by atoms with Crippen LogP contribution >= 0.6 is 0 Å². The maximum Gasteiger partial charge on any atom is 0.159 e. The molecule has 0 spiro atoms. The highest BCUT2D eigenvalue weighted by Gasteiger charge is 2.23. The maximum absolute atomic E-state index is 6.62. The second-order valence-electron chi connectivity index (χ2n) is 14.6. The number of hydrogen-bond donors (Lipinski definition) is 1. The lowest BCUT2D eigenvalue weighted by molar-refractivity contribution is 0.663. The van der Waals surface area contributed by atoms with Crippen LogP contribution in [0.4, 0.5) is 0 Å².